The second-order valence-corrected chi connectivity index (χ2v) is 12.7. The summed E-state index contributed by atoms with van der Waals surface area (Å²) in [6.07, 6.45) is 2.50. The Labute approximate surface area is 261 Å². The Hall–Kier alpha value is -3.94. The molecule has 1 aromatic heterocycles. The van der Waals surface area contributed by atoms with Crippen molar-refractivity contribution in [2.75, 3.05) is 50.8 Å². The number of aromatic nitrogens is 1. The van der Waals surface area contributed by atoms with Crippen LogP contribution in [0.4, 0.5) is 10.1 Å². The molecule has 2 saturated heterocycles. The average molecular weight is 595 g/mol. The lowest BCUT2D eigenvalue weighted by atomic mass is 9.83. The number of nitrogens with zero attached hydrogens (tertiary/aromatic N) is 4. The van der Waals surface area contributed by atoms with Gasteiger partial charge in [0.1, 0.15) is 19.0 Å². The first-order chi connectivity index (χ1) is 21.4. The molecule has 3 aromatic carbocycles. The molecule has 0 saturated carbocycles. The van der Waals surface area contributed by atoms with Gasteiger partial charge in [-0.15, -0.1) is 0 Å². The topological polar surface area (TPSA) is 41.1 Å². The quantitative estimate of drug-likeness (QED) is 0.193. The minimum absolute atomic E-state index is 0.229. The summed E-state index contributed by atoms with van der Waals surface area (Å²) in [5.74, 6) is 0.651. The van der Waals surface area contributed by atoms with E-state index in [0.717, 1.165) is 68.2 Å². The average Bonchev–Trinajstić information content (AvgIpc) is 3.05. The van der Waals surface area contributed by atoms with E-state index in [1.54, 1.807) is 6.07 Å². The molecular formula is C37H43FN4O2. The molecule has 4 aromatic rings. The summed E-state index contributed by atoms with van der Waals surface area (Å²) in [5, 5.41) is 0. The van der Waals surface area contributed by atoms with Crippen LogP contribution in [0.2, 0.25) is 0 Å². The zero-order chi connectivity index (χ0) is 30.4. The van der Waals surface area contributed by atoms with Gasteiger partial charge in [-0.05, 0) is 66.2 Å². The van der Waals surface area contributed by atoms with E-state index in [2.05, 4.69) is 28.5 Å². The van der Waals surface area contributed by atoms with Gasteiger partial charge in [-0.25, -0.2) is 4.39 Å². The van der Waals surface area contributed by atoms with Crippen LogP contribution in [-0.2, 0) is 13.2 Å². The predicted molar refractivity (Wildman–Crippen MR) is 174 cm³/mol. The first-order valence-electron chi connectivity index (χ1n) is 15.8. The number of hydrogen-bond donors (Lipinski definition) is 0. The number of likely N-dealkylation sites (tertiary alicyclic amines) is 1. The number of anilines is 1. The number of pyridine rings is 1. The lowest BCUT2D eigenvalue weighted by Gasteiger charge is -2.42. The molecule has 2 fully saturated rings. The van der Waals surface area contributed by atoms with Crippen molar-refractivity contribution in [2.24, 2.45) is 5.41 Å². The van der Waals surface area contributed by atoms with E-state index in [9.17, 15) is 0 Å². The van der Waals surface area contributed by atoms with Crippen molar-refractivity contribution in [3.05, 3.63) is 108 Å². The molecule has 44 heavy (non-hydrogen) atoms. The Morgan fingerprint density at radius 3 is 1.95 bits per heavy atom. The Kier molecular flexibility index (Phi) is 9.43. The molecule has 0 bridgehead atoms. The maximum Gasteiger partial charge on any atom is 0.225 e. The molecule has 2 aliphatic heterocycles. The molecule has 0 radical (unpaired) electrons. The first-order valence-corrected chi connectivity index (χ1v) is 15.8. The Morgan fingerprint density at radius 1 is 0.705 bits per heavy atom. The molecule has 7 heteroatoms. The van der Waals surface area contributed by atoms with Crippen LogP contribution in [0, 0.1) is 11.2 Å². The zero-order valence-electron chi connectivity index (χ0n) is 25.9. The molecule has 0 amide bonds. The van der Waals surface area contributed by atoms with Crippen molar-refractivity contribution in [3.8, 4) is 22.9 Å². The fraction of sp³-hybridized carbons (Fsp3) is 0.378. The fourth-order valence-corrected chi connectivity index (χ4v) is 5.93. The third-order valence-corrected chi connectivity index (χ3v) is 8.86. The summed E-state index contributed by atoms with van der Waals surface area (Å²) >= 11 is 0. The SMILES string of the molecule is CC1(C)CCN(CN2CCN(c3ccc(-c4ccc(OCc5ccccc5)nc4OCc4ccccc4)cc3F)CC2)CC1. The third-order valence-electron chi connectivity index (χ3n) is 8.86. The zero-order valence-corrected chi connectivity index (χ0v) is 25.9. The highest BCUT2D eigenvalue weighted by Crippen LogP contribution is 2.34. The van der Waals surface area contributed by atoms with Crippen molar-refractivity contribution < 1.29 is 13.9 Å². The minimum atomic E-state index is -0.229. The molecule has 0 atom stereocenters. The highest BCUT2D eigenvalue weighted by atomic mass is 19.1. The van der Waals surface area contributed by atoms with Crippen LogP contribution >= 0.6 is 0 Å². The van der Waals surface area contributed by atoms with Crippen LogP contribution in [0.1, 0.15) is 37.8 Å². The van der Waals surface area contributed by atoms with E-state index in [1.165, 1.54) is 12.8 Å². The van der Waals surface area contributed by atoms with Gasteiger partial charge in [0.25, 0.3) is 0 Å². The minimum Gasteiger partial charge on any atom is -0.473 e. The van der Waals surface area contributed by atoms with Crippen LogP contribution < -0.4 is 14.4 Å². The number of rotatable bonds is 10. The van der Waals surface area contributed by atoms with Gasteiger partial charge in [0.05, 0.1) is 12.4 Å². The second-order valence-electron chi connectivity index (χ2n) is 12.7. The van der Waals surface area contributed by atoms with Gasteiger partial charge in [0, 0.05) is 37.8 Å². The molecule has 0 aliphatic carbocycles. The van der Waals surface area contributed by atoms with Gasteiger partial charge < -0.3 is 14.4 Å². The van der Waals surface area contributed by atoms with Crippen LogP contribution in [0.25, 0.3) is 11.1 Å². The van der Waals surface area contributed by atoms with E-state index >= 15 is 4.39 Å². The number of hydrogen-bond acceptors (Lipinski definition) is 6. The Bertz CT molecular complexity index is 1500. The standard InChI is InChI=1S/C37H43FN4O2/c1-37(2)17-19-40(20-18-37)28-41-21-23-42(24-22-41)34-15-13-31(25-33(34)38)32-14-16-35(43-26-29-9-5-3-6-10-29)39-36(32)44-27-30-11-7-4-8-12-30/h3-16,25H,17-24,26-28H2,1-2H3. The maximum atomic E-state index is 15.7. The van der Waals surface area contributed by atoms with Crippen LogP contribution in [0.15, 0.2) is 91.0 Å². The van der Waals surface area contributed by atoms with E-state index in [0.29, 0.717) is 36.1 Å². The Morgan fingerprint density at radius 2 is 1.32 bits per heavy atom. The highest BCUT2D eigenvalue weighted by molar-refractivity contribution is 5.71. The van der Waals surface area contributed by atoms with Crippen molar-refractivity contribution in [2.45, 2.75) is 39.9 Å². The summed E-state index contributed by atoms with van der Waals surface area (Å²) < 4.78 is 27.9. The van der Waals surface area contributed by atoms with E-state index in [4.69, 9.17) is 14.5 Å². The number of piperazine rings is 1. The van der Waals surface area contributed by atoms with Crippen LogP contribution in [-0.4, -0.2) is 60.7 Å². The third kappa shape index (κ3) is 7.76. The summed E-state index contributed by atoms with van der Waals surface area (Å²) in [5.41, 5.74) is 4.65. The molecule has 0 unspecified atom stereocenters. The van der Waals surface area contributed by atoms with E-state index in [1.807, 2.05) is 84.9 Å². The molecular weight excluding hydrogens is 551 g/mol. The summed E-state index contributed by atoms with van der Waals surface area (Å²) in [6.45, 7) is 12.3. The molecule has 6 nitrogen and oxygen atoms in total. The van der Waals surface area contributed by atoms with E-state index in [-0.39, 0.29) is 5.82 Å². The lowest BCUT2D eigenvalue weighted by Crippen LogP contribution is -2.51. The second kappa shape index (κ2) is 13.8. The summed E-state index contributed by atoms with van der Waals surface area (Å²) in [7, 11) is 0. The van der Waals surface area contributed by atoms with Crippen LogP contribution in [0.5, 0.6) is 11.8 Å². The summed E-state index contributed by atoms with van der Waals surface area (Å²) in [4.78, 5) is 11.9. The van der Waals surface area contributed by atoms with Gasteiger partial charge in [0.2, 0.25) is 11.8 Å². The summed E-state index contributed by atoms with van der Waals surface area (Å²) in [6, 6.07) is 29.1. The van der Waals surface area contributed by atoms with Crippen molar-refractivity contribution in [1.29, 1.82) is 0 Å². The first kappa shape index (κ1) is 30.1. The largest absolute Gasteiger partial charge is 0.473 e. The smallest absolute Gasteiger partial charge is 0.225 e. The molecule has 0 spiro atoms. The lowest BCUT2D eigenvalue weighted by molar-refractivity contribution is 0.0683. The monoisotopic (exact) mass is 594 g/mol. The van der Waals surface area contributed by atoms with Gasteiger partial charge in [-0.1, -0.05) is 80.6 Å². The van der Waals surface area contributed by atoms with Crippen LogP contribution in [0.3, 0.4) is 0 Å². The predicted octanol–water partition coefficient (Wildman–Crippen LogP) is 7.25. The molecule has 0 N–H and O–H groups in total. The van der Waals surface area contributed by atoms with Gasteiger partial charge in [-0.3, -0.25) is 9.80 Å². The van der Waals surface area contributed by atoms with Gasteiger partial charge >= 0.3 is 0 Å². The van der Waals surface area contributed by atoms with Gasteiger partial charge in [0.15, 0.2) is 0 Å². The number of halogens is 1. The van der Waals surface area contributed by atoms with Crippen molar-refractivity contribution >= 4 is 5.69 Å². The Balaban J connectivity index is 1.13. The van der Waals surface area contributed by atoms with Crippen molar-refractivity contribution in [1.82, 2.24) is 14.8 Å². The number of piperidine rings is 1. The fourth-order valence-electron chi connectivity index (χ4n) is 5.93. The molecule has 6 rings (SSSR count). The molecule has 3 heterocycles. The number of benzene rings is 3. The van der Waals surface area contributed by atoms with E-state index < -0.39 is 0 Å². The maximum absolute atomic E-state index is 15.7. The van der Waals surface area contributed by atoms with Gasteiger partial charge in [-0.2, -0.15) is 4.98 Å². The molecule has 230 valence electrons. The molecule has 2 aliphatic rings. The highest BCUT2D eigenvalue weighted by Gasteiger charge is 2.27. The van der Waals surface area contributed by atoms with Crippen molar-refractivity contribution in [3.63, 3.8) is 0 Å². The number of ether oxygens (including phenoxy) is 2. The normalized spacial score (nSPS) is 17.4.